The minimum absolute atomic E-state index is 0.0639. The van der Waals surface area contributed by atoms with E-state index in [0.29, 0.717) is 0 Å². The van der Waals surface area contributed by atoms with Crippen LogP contribution in [0.1, 0.15) is 57.1 Å². The minimum Gasteiger partial charge on any atom is -0.369 e. The van der Waals surface area contributed by atoms with E-state index in [1.54, 1.807) is 0 Å². The molecule has 0 aliphatic carbocycles. The van der Waals surface area contributed by atoms with Crippen LogP contribution < -0.4 is 5.73 Å². The van der Waals surface area contributed by atoms with Gasteiger partial charge in [-0.05, 0) is 59.6 Å². The Morgan fingerprint density at radius 3 is 2.42 bits per heavy atom. The molecule has 106 valence electrons. The number of aromatic nitrogens is 2. The Labute approximate surface area is 115 Å². The highest BCUT2D eigenvalue weighted by Crippen LogP contribution is 2.47. The van der Waals surface area contributed by atoms with Gasteiger partial charge >= 0.3 is 0 Å². The quantitative estimate of drug-likeness (QED) is 0.891. The fourth-order valence-corrected chi connectivity index (χ4v) is 3.29. The van der Waals surface area contributed by atoms with Crippen LogP contribution in [0.4, 0.5) is 0 Å². The van der Waals surface area contributed by atoms with Gasteiger partial charge in [-0.1, -0.05) is 0 Å². The van der Waals surface area contributed by atoms with Crippen molar-refractivity contribution in [3.05, 3.63) is 23.0 Å². The Balaban J connectivity index is 2.34. The smallest absolute Gasteiger partial charge is 0.0680 e. The summed E-state index contributed by atoms with van der Waals surface area (Å²) in [7, 11) is 0. The molecular formula is C15H25N3O. The minimum atomic E-state index is -0.216. The number of rotatable bonds is 2. The van der Waals surface area contributed by atoms with Gasteiger partial charge in [-0.25, -0.2) is 0 Å². The summed E-state index contributed by atoms with van der Waals surface area (Å²) in [6.45, 7) is 12.4. The van der Waals surface area contributed by atoms with Gasteiger partial charge in [0.25, 0.3) is 0 Å². The zero-order valence-electron chi connectivity index (χ0n) is 12.8. The molecule has 2 unspecified atom stereocenters. The van der Waals surface area contributed by atoms with Crippen molar-refractivity contribution in [3.63, 3.8) is 0 Å². The summed E-state index contributed by atoms with van der Waals surface area (Å²) < 4.78 is 6.15. The molecule has 2 heterocycles. The second-order valence-corrected chi connectivity index (χ2v) is 6.83. The van der Waals surface area contributed by atoms with Gasteiger partial charge < -0.3 is 10.5 Å². The average molecular weight is 263 g/mol. The molecule has 0 aromatic carbocycles. The molecule has 4 heteroatoms. The van der Waals surface area contributed by atoms with Crippen LogP contribution in [0.3, 0.4) is 0 Å². The maximum absolute atomic E-state index is 6.52. The van der Waals surface area contributed by atoms with E-state index in [1.807, 2.05) is 13.8 Å². The van der Waals surface area contributed by atoms with Crippen LogP contribution in [0, 0.1) is 19.8 Å². The standard InChI is InChI=1S/C15H25N3O/c1-9-7-11(10(2)18-17-9)13(16)12-8-14(3,4)19-15(12,5)6/h7,12-13H,8,16H2,1-6H3. The number of aryl methyl sites for hydroxylation is 2. The molecule has 1 aliphatic heterocycles. The number of ether oxygens (including phenoxy) is 1. The second-order valence-electron chi connectivity index (χ2n) is 6.83. The van der Waals surface area contributed by atoms with E-state index >= 15 is 0 Å². The summed E-state index contributed by atoms with van der Waals surface area (Å²) in [5.41, 5.74) is 9.10. The molecule has 1 aromatic rings. The highest BCUT2D eigenvalue weighted by molar-refractivity contribution is 5.25. The number of hydrogen-bond donors (Lipinski definition) is 1. The predicted molar refractivity (Wildman–Crippen MR) is 75.8 cm³/mol. The van der Waals surface area contributed by atoms with Crippen molar-refractivity contribution >= 4 is 0 Å². The number of hydrogen-bond acceptors (Lipinski definition) is 4. The molecule has 2 N–H and O–H groups in total. The number of nitrogens with two attached hydrogens (primary N) is 1. The van der Waals surface area contributed by atoms with Gasteiger partial charge in [-0.2, -0.15) is 10.2 Å². The van der Waals surface area contributed by atoms with Crippen molar-refractivity contribution in [2.24, 2.45) is 11.7 Å². The summed E-state index contributed by atoms with van der Waals surface area (Å²) in [5.74, 6) is 0.282. The lowest BCUT2D eigenvalue weighted by atomic mass is 9.79. The third kappa shape index (κ3) is 2.79. The maximum atomic E-state index is 6.52. The predicted octanol–water partition coefficient (Wildman–Crippen LogP) is 2.69. The molecule has 4 nitrogen and oxygen atoms in total. The fourth-order valence-electron chi connectivity index (χ4n) is 3.29. The Kier molecular flexibility index (Phi) is 3.43. The van der Waals surface area contributed by atoms with E-state index in [9.17, 15) is 0 Å². The largest absolute Gasteiger partial charge is 0.369 e. The molecule has 1 saturated heterocycles. The monoisotopic (exact) mass is 263 g/mol. The van der Waals surface area contributed by atoms with Crippen molar-refractivity contribution in [1.29, 1.82) is 0 Å². The van der Waals surface area contributed by atoms with Crippen LogP contribution in [0.25, 0.3) is 0 Å². The second kappa shape index (κ2) is 4.53. The van der Waals surface area contributed by atoms with Gasteiger partial charge in [-0.15, -0.1) is 0 Å². The average Bonchev–Trinajstić information content (AvgIpc) is 2.49. The molecule has 2 rings (SSSR count). The van der Waals surface area contributed by atoms with Gasteiger partial charge in [0.1, 0.15) is 0 Å². The van der Waals surface area contributed by atoms with E-state index in [0.717, 1.165) is 23.4 Å². The van der Waals surface area contributed by atoms with Crippen LogP contribution in [-0.4, -0.2) is 21.4 Å². The van der Waals surface area contributed by atoms with Gasteiger partial charge in [0.2, 0.25) is 0 Å². The van der Waals surface area contributed by atoms with Crippen LogP contribution in [0.5, 0.6) is 0 Å². The molecule has 0 bridgehead atoms. The normalized spacial score (nSPS) is 26.4. The molecule has 0 amide bonds. The Morgan fingerprint density at radius 1 is 1.26 bits per heavy atom. The lowest BCUT2D eigenvalue weighted by molar-refractivity contribution is -0.0767. The highest BCUT2D eigenvalue weighted by Gasteiger charge is 2.48. The molecule has 0 radical (unpaired) electrons. The summed E-state index contributed by atoms with van der Waals surface area (Å²) in [6.07, 6.45) is 0.960. The van der Waals surface area contributed by atoms with Crippen molar-refractivity contribution in [1.82, 2.24) is 10.2 Å². The fraction of sp³-hybridized carbons (Fsp3) is 0.733. The van der Waals surface area contributed by atoms with Gasteiger partial charge in [0.15, 0.2) is 0 Å². The third-order valence-corrected chi connectivity index (χ3v) is 4.08. The molecular weight excluding hydrogens is 238 g/mol. The van der Waals surface area contributed by atoms with Crippen molar-refractivity contribution in [2.75, 3.05) is 0 Å². The number of nitrogens with zero attached hydrogens (tertiary/aromatic N) is 2. The lowest BCUT2D eigenvalue weighted by Gasteiger charge is -2.31. The van der Waals surface area contributed by atoms with Crippen molar-refractivity contribution < 1.29 is 4.74 Å². The Morgan fingerprint density at radius 2 is 1.89 bits per heavy atom. The topological polar surface area (TPSA) is 61.0 Å². The van der Waals surface area contributed by atoms with E-state index in [1.165, 1.54) is 0 Å². The highest BCUT2D eigenvalue weighted by atomic mass is 16.5. The molecule has 2 atom stereocenters. The van der Waals surface area contributed by atoms with E-state index < -0.39 is 0 Å². The van der Waals surface area contributed by atoms with Crippen LogP contribution >= 0.6 is 0 Å². The summed E-state index contributed by atoms with van der Waals surface area (Å²) in [6, 6.07) is 1.99. The molecule has 1 aliphatic rings. The van der Waals surface area contributed by atoms with Gasteiger partial charge in [-0.3, -0.25) is 0 Å². The molecule has 1 fully saturated rings. The Bertz CT molecular complexity index is 482. The summed E-state index contributed by atoms with van der Waals surface area (Å²) in [5, 5.41) is 8.26. The Hall–Kier alpha value is -1.00. The maximum Gasteiger partial charge on any atom is 0.0680 e. The molecule has 19 heavy (non-hydrogen) atoms. The van der Waals surface area contributed by atoms with Crippen LogP contribution in [-0.2, 0) is 4.74 Å². The van der Waals surface area contributed by atoms with Gasteiger partial charge in [0.05, 0.1) is 22.6 Å². The zero-order chi connectivity index (χ0) is 14.4. The molecule has 0 saturated carbocycles. The third-order valence-electron chi connectivity index (χ3n) is 4.08. The van der Waals surface area contributed by atoms with Crippen LogP contribution in [0.15, 0.2) is 6.07 Å². The summed E-state index contributed by atoms with van der Waals surface area (Å²) >= 11 is 0. The molecule has 0 spiro atoms. The van der Waals surface area contributed by atoms with E-state index in [4.69, 9.17) is 10.5 Å². The SMILES string of the molecule is Cc1cc(C(N)C2CC(C)(C)OC2(C)C)c(C)nn1. The summed E-state index contributed by atoms with van der Waals surface area (Å²) in [4.78, 5) is 0. The van der Waals surface area contributed by atoms with Crippen molar-refractivity contribution in [2.45, 2.75) is 65.2 Å². The van der Waals surface area contributed by atoms with Gasteiger partial charge in [0, 0.05) is 12.0 Å². The van der Waals surface area contributed by atoms with Crippen molar-refractivity contribution in [3.8, 4) is 0 Å². The first kappa shape index (κ1) is 14.4. The van der Waals surface area contributed by atoms with E-state index in [2.05, 4.69) is 44.0 Å². The lowest BCUT2D eigenvalue weighted by Crippen LogP contribution is -2.36. The first-order valence-electron chi connectivity index (χ1n) is 6.89. The zero-order valence-corrected chi connectivity index (χ0v) is 12.8. The first-order chi connectivity index (χ1) is 8.62. The van der Waals surface area contributed by atoms with Crippen LogP contribution in [0.2, 0.25) is 0 Å². The van der Waals surface area contributed by atoms with E-state index in [-0.39, 0.29) is 23.2 Å². The molecule has 1 aromatic heterocycles. The first-order valence-corrected chi connectivity index (χ1v) is 6.89.